The summed E-state index contributed by atoms with van der Waals surface area (Å²) in [5, 5.41) is 2.28. The van der Waals surface area contributed by atoms with Crippen molar-refractivity contribution in [3.05, 3.63) is 48.8 Å². The van der Waals surface area contributed by atoms with Crippen LogP contribution in [0.15, 0.2) is 48.8 Å². The Balaban J connectivity index is 0.000000853. The minimum Gasteiger partial charge on any atom is -0.254 e. The molecular formula is C12H8IrN2+3. The molecule has 0 atom stereocenters. The number of benzene rings is 1. The molecule has 0 fully saturated rings. The van der Waals surface area contributed by atoms with Gasteiger partial charge in [0, 0.05) is 23.2 Å². The molecule has 0 unspecified atom stereocenters. The van der Waals surface area contributed by atoms with Crippen LogP contribution in [-0.2, 0) is 20.1 Å². The molecule has 0 saturated carbocycles. The Bertz CT molecular complexity index is 553. The van der Waals surface area contributed by atoms with Crippen LogP contribution in [0.4, 0.5) is 0 Å². The molecule has 2 nitrogen and oxygen atoms in total. The van der Waals surface area contributed by atoms with Crippen LogP contribution < -0.4 is 0 Å². The average Bonchev–Trinajstić information content (AvgIpc) is 2.29. The Labute approximate surface area is 101 Å². The maximum Gasteiger partial charge on any atom is 3.00 e. The molecule has 72 valence electrons. The van der Waals surface area contributed by atoms with Crippen molar-refractivity contribution >= 4 is 21.8 Å². The number of hydrogen-bond donors (Lipinski definition) is 0. The largest absolute Gasteiger partial charge is 3.00 e. The van der Waals surface area contributed by atoms with Crippen LogP contribution in [0, 0.1) is 0 Å². The first-order valence-electron chi connectivity index (χ1n) is 4.53. The van der Waals surface area contributed by atoms with Gasteiger partial charge in [0.15, 0.2) is 0 Å². The molecule has 0 N–H and O–H groups in total. The van der Waals surface area contributed by atoms with E-state index in [9.17, 15) is 0 Å². The van der Waals surface area contributed by atoms with Crippen molar-refractivity contribution in [1.29, 1.82) is 0 Å². The van der Waals surface area contributed by atoms with E-state index in [1.54, 1.807) is 12.4 Å². The summed E-state index contributed by atoms with van der Waals surface area (Å²) in [4.78, 5) is 8.69. The Morgan fingerprint density at radius 1 is 0.667 bits per heavy atom. The number of aromatic nitrogens is 2. The van der Waals surface area contributed by atoms with Crippen molar-refractivity contribution in [2.24, 2.45) is 0 Å². The molecule has 0 saturated heterocycles. The van der Waals surface area contributed by atoms with Crippen LogP contribution >= 0.6 is 0 Å². The monoisotopic (exact) mass is 373 g/mol. The first kappa shape index (κ1) is 10.2. The molecule has 2 heterocycles. The van der Waals surface area contributed by atoms with Gasteiger partial charge in [0.25, 0.3) is 0 Å². The minimum atomic E-state index is 0. The molecular weight excluding hydrogens is 364 g/mol. The van der Waals surface area contributed by atoms with Crippen molar-refractivity contribution in [2.45, 2.75) is 0 Å². The van der Waals surface area contributed by atoms with Crippen LogP contribution in [-0.4, -0.2) is 9.97 Å². The quantitative estimate of drug-likeness (QED) is 0.567. The van der Waals surface area contributed by atoms with E-state index in [0.29, 0.717) is 0 Å². The zero-order valence-electron chi connectivity index (χ0n) is 7.85. The summed E-state index contributed by atoms with van der Waals surface area (Å²) in [7, 11) is 0. The first-order chi connectivity index (χ1) is 6.95. The number of rotatable bonds is 0. The van der Waals surface area contributed by atoms with Gasteiger partial charge in [0.2, 0.25) is 0 Å². The molecule has 0 amide bonds. The second-order valence-corrected chi connectivity index (χ2v) is 3.22. The van der Waals surface area contributed by atoms with Gasteiger partial charge in [-0.25, -0.2) is 0 Å². The van der Waals surface area contributed by atoms with Gasteiger partial charge < -0.3 is 0 Å². The van der Waals surface area contributed by atoms with E-state index in [2.05, 4.69) is 34.2 Å². The minimum absolute atomic E-state index is 0. The van der Waals surface area contributed by atoms with Crippen molar-refractivity contribution in [3.8, 4) is 0 Å². The molecule has 3 rings (SSSR count). The van der Waals surface area contributed by atoms with Gasteiger partial charge in [-0.2, -0.15) is 0 Å². The van der Waals surface area contributed by atoms with Gasteiger partial charge in [-0.1, -0.05) is 24.3 Å². The fourth-order valence-corrected chi connectivity index (χ4v) is 1.68. The van der Waals surface area contributed by atoms with Gasteiger partial charge in [0.05, 0.1) is 11.0 Å². The summed E-state index contributed by atoms with van der Waals surface area (Å²) in [6.45, 7) is 0. The van der Waals surface area contributed by atoms with Crippen LogP contribution in [0.25, 0.3) is 21.8 Å². The third kappa shape index (κ3) is 1.64. The summed E-state index contributed by atoms with van der Waals surface area (Å²) in [6.07, 6.45) is 3.60. The number of fused-ring (bicyclic) bond motifs is 3. The fraction of sp³-hybridized carbons (Fsp3) is 0. The van der Waals surface area contributed by atoms with Crippen LogP contribution in [0.2, 0.25) is 0 Å². The predicted molar refractivity (Wildman–Crippen MR) is 57.0 cm³/mol. The van der Waals surface area contributed by atoms with E-state index < -0.39 is 0 Å². The van der Waals surface area contributed by atoms with E-state index in [1.807, 2.05) is 12.1 Å². The maximum absolute atomic E-state index is 4.35. The van der Waals surface area contributed by atoms with Crippen molar-refractivity contribution in [3.63, 3.8) is 0 Å². The normalized spacial score (nSPS) is 10.1. The van der Waals surface area contributed by atoms with Gasteiger partial charge >= 0.3 is 20.1 Å². The van der Waals surface area contributed by atoms with Gasteiger partial charge in [-0.05, 0) is 12.1 Å². The summed E-state index contributed by atoms with van der Waals surface area (Å²) < 4.78 is 0. The molecule has 0 spiro atoms. The van der Waals surface area contributed by atoms with Gasteiger partial charge in [-0.15, -0.1) is 0 Å². The molecule has 3 aromatic rings. The van der Waals surface area contributed by atoms with Crippen molar-refractivity contribution < 1.29 is 20.1 Å². The topological polar surface area (TPSA) is 25.8 Å². The standard InChI is InChI=1S/C12H8N2.Ir/c1-3-9-5-6-10-4-2-8-14-12(10)11(9)13-7-1;/h1-8H;/q;+3. The Morgan fingerprint density at radius 2 is 1.13 bits per heavy atom. The third-order valence-corrected chi connectivity index (χ3v) is 2.34. The molecule has 15 heavy (non-hydrogen) atoms. The Morgan fingerprint density at radius 3 is 1.60 bits per heavy atom. The van der Waals surface area contributed by atoms with E-state index in [1.165, 1.54) is 0 Å². The van der Waals surface area contributed by atoms with Gasteiger partial charge in [-0.3, -0.25) is 9.97 Å². The summed E-state index contributed by atoms with van der Waals surface area (Å²) in [5.74, 6) is 0. The number of hydrogen-bond acceptors (Lipinski definition) is 2. The smallest absolute Gasteiger partial charge is 0.254 e. The summed E-state index contributed by atoms with van der Waals surface area (Å²) in [6, 6.07) is 12.1. The summed E-state index contributed by atoms with van der Waals surface area (Å²) >= 11 is 0. The second-order valence-electron chi connectivity index (χ2n) is 3.22. The Kier molecular flexibility index (Phi) is 2.76. The SMILES string of the molecule is [Ir+3].c1cnc2c(c1)ccc1cccnc12. The Hall–Kier alpha value is -1.31. The fourth-order valence-electron chi connectivity index (χ4n) is 1.68. The molecule has 0 radical (unpaired) electrons. The molecule has 0 aliphatic rings. The number of nitrogens with zero attached hydrogens (tertiary/aromatic N) is 2. The van der Waals surface area contributed by atoms with E-state index in [4.69, 9.17) is 0 Å². The van der Waals surface area contributed by atoms with E-state index in [0.717, 1.165) is 21.8 Å². The molecule has 2 aromatic heterocycles. The number of pyridine rings is 2. The average molecular weight is 372 g/mol. The summed E-state index contributed by atoms with van der Waals surface area (Å²) in [5.41, 5.74) is 1.95. The second kappa shape index (κ2) is 4.05. The van der Waals surface area contributed by atoms with E-state index >= 15 is 0 Å². The van der Waals surface area contributed by atoms with Gasteiger partial charge in [0.1, 0.15) is 0 Å². The zero-order valence-corrected chi connectivity index (χ0v) is 10.2. The predicted octanol–water partition coefficient (Wildman–Crippen LogP) is 2.78. The molecule has 3 heteroatoms. The first-order valence-corrected chi connectivity index (χ1v) is 4.53. The molecule has 0 aliphatic carbocycles. The van der Waals surface area contributed by atoms with Crippen LogP contribution in [0.5, 0.6) is 0 Å². The maximum atomic E-state index is 4.35. The molecule has 0 aliphatic heterocycles. The molecule has 1 aromatic carbocycles. The van der Waals surface area contributed by atoms with Crippen LogP contribution in [0.1, 0.15) is 0 Å². The molecule has 0 bridgehead atoms. The third-order valence-electron chi connectivity index (χ3n) is 2.34. The van der Waals surface area contributed by atoms with E-state index in [-0.39, 0.29) is 20.1 Å². The van der Waals surface area contributed by atoms with Crippen LogP contribution in [0.3, 0.4) is 0 Å². The van der Waals surface area contributed by atoms with Crippen molar-refractivity contribution in [1.82, 2.24) is 9.97 Å². The van der Waals surface area contributed by atoms with Crippen molar-refractivity contribution in [2.75, 3.05) is 0 Å². The zero-order chi connectivity index (χ0) is 9.38.